The van der Waals surface area contributed by atoms with Gasteiger partial charge in [-0.1, -0.05) is 74.3 Å². The first kappa shape index (κ1) is 23.4. The zero-order valence-corrected chi connectivity index (χ0v) is 24.8. The highest BCUT2D eigenvalue weighted by Crippen LogP contribution is 2.81. The SMILES string of the molecule is C1=CC23C=CC=CC2(C=C1)C1C2CCC4C5CCCCC5C5CCC(C6CCC7C8CCCCC8C3C7C61)C2C54. The molecule has 0 heterocycles. The fraction of sp³-hybridized carbons (Fsp3) is 0.800. The maximum absolute atomic E-state index is 2.84. The Kier molecular flexibility index (Phi) is 4.63. The van der Waals surface area contributed by atoms with Gasteiger partial charge in [0.1, 0.15) is 0 Å². The Morgan fingerprint density at radius 2 is 0.625 bits per heavy atom. The minimum atomic E-state index is 0.260. The molecule has 0 N–H and O–H groups in total. The van der Waals surface area contributed by atoms with Crippen molar-refractivity contribution in [2.24, 2.45) is 106 Å². The predicted octanol–water partition coefficient (Wildman–Crippen LogP) is 9.65. The van der Waals surface area contributed by atoms with Gasteiger partial charge >= 0.3 is 0 Å². The first-order valence-electron chi connectivity index (χ1n) is 18.6. The predicted molar refractivity (Wildman–Crippen MR) is 162 cm³/mol. The summed E-state index contributed by atoms with van der Waals surface area (Å²) >= 11 is 0. The molecule has 11 rings (SSSR count). The maximum Gasteiger partial charge on any atom is 0.0230 e. The van der Waals surface area contributed by atoms with Crippen LogP contribution in [0.3, 0.4) is 0 Å². The molecule has 11 aliphatic carbocycles. The summed E-state index contributed by atoms with van der Waals surface area (Å²) in [6, 6.07) is 0. The van der Waals surface area contributed by atoms with E-state index in [9.17, 15) is 0 Å². The van der Waals surface area contributed by atoms with Crippen molar-refractivity contribution in [1.29, 1.82) is 0 Å². The lowest BCUT2D eigenvalue weighted by molar-refractivity contribution is -0.218. The fourth-order valence-corrected chi connectivity index (χ4v) is 17.5. The summed E-state index contributed by atoms with van der Waals surface area (Å²) in [7, 11) is 0. The number of hydrogen-bond donors (Lipinski definition) is 0. The minimum absolute atomic E-state index is 0.260. The van der Waals surface area contributed by atoms with E-state index in [1.54, 1.807) is 77.0 Å². The van der Waals surface area contributed by atoms with E-state index in [4.69, 9.17) is 0 Å². The molecule has 0 spiro atoms. The molecule has 0 nitrogen and oxygen atoms in total. The van der Waals surface area contributed by atoms with E-state index in [1.165, 1.54) is 12.8 Å². The van der Waals surface area contributed by atoms with E-state index in [-0.39, 0.29) is 10.8 Å². The van der Waals surface area contributed by atoms with Gasteiger partial charge in [0.2, 0.25) is 0 Å². The molecule has 9 fully saturated rings. The lowest BCUT2D eigenvalue weighted by Crippen LogP contribution is -2.68. The standard InChI is InChI=1S/C40H52/c1-2-10-24-23(9-1)26-13-15-29-30-16-14-28-25-11-3-4-12-31(25)37-35(28)36(30)38(32-18-17-27(24)33(26)34(29)32)40-21-7-5-19-39(37,40)20-6-8-22-40/h5-8,19-38H,1-4,9-18H2. The fourth-order valence-electron chi connectivity index (χ4n) is 17.5. The summed E-state index contributed by atoms with van der Waals surface area (Å²) < 4.78 is 0. The van der Waals surface area contributed by atoms with Crippen molar-refractivity contribution in [2.75, 3.05) is 0 Å². The van der Waals surface area contributed by atoms with Crippen LogP contribution in [0.15, 0.2) is 48.6 Å². The van der Waals surface area contributed by atoms with Crippen molar-refractivity contribution in [3.8, 4) is 0 Å². The van der Waals surface area contributed by atoms with E-state index in [0.29, 0.717) is 0 Å². The van der Waals surface area contributed by atoms with Gasteiger partial charge in [-0.05, 0) is 159 Å². The molecular formula is C40H52. The van der Waals surface area contributed by atoms with Crippen molar-refractivity contribution < 1.29 is 0 Å². The second-order valence-electron chi connectivity index (χ2n) is 17.6. The Morgan fingerprint density at radius 3 is 1.15 bits per heavy atom. The molecular weight excluding hydrogens is 480 g/mol. The van der Waals surface area contributed by atoms with Gasteiger partial charge in [-0.25, -0.2) is 0 Å². The summed E-state index contributed by atoms with van der Waals surface area (Å²) in [4.78, 5) is 0. The van der Waals surface area contributed by atoms with Gasteiger partial charge < -0.3 is 0 Å². The molecule has 212 valence electrons. The highest BCUT2D eigenvalue weighted by Gasteiger charge is 2.76. The molecule has 0 aromatic rings. The monoisotopic (exact) mass is 532 g/mol. The van der Waals surface area contributed by atoms with Crippen LogP contribution in [0.1, 0.15) is 89.9 Å². The lowest BCUT2D eigenvalue weighted by Gasteiger charge is -2.73. The van der Waals surface area contributed by atoms with Gasteiger partial charge in [0, 0.05) is 10.8 Å². The van der Waals surface area contributed by atoms with Crippen LogP contribution < -0.4 is 0 Å². The minimum Gasteiger partial charge on any atom is -0.0731 e. The van der Waals surface area contributed by atoms with Crippen LogP contribution in [0.4, 0.5) is 0 Å². The highest BCUT2D eigenvalue weighted by atomic mass is 14.8. The Labute approximate surface area is 243 Å². The maximum atomic E-state index is 2.84. The molecule has 0 bridgehead atoms. The summed E-state index contributed by atoms with van der Waals surface area (Å²) in [5, 5.41) is 0. The molecule has 0 aromatic carbocycles. The second-order valence-corrected chi connectivity index (χ2v) is 17.6. The van der Waals surface area contributed by atoms with Crippen molar-refractivity contribution >= 4 is 0 Å². The molecule has 0 aliphatic heterocycles. The van der Waals surface area contributed by atoms with Crippen molar-refractivity contribution in [2.45, 2.75) is 89.9 Å². The first-order valence-corrected chi connectivity index (χ1v) is 18.6. The van der Waals surface area contributed by atoms with E-state index in [0.717, 1.165) is 94.7 Å². The molecule has 0 amide bonds. The van der Waals surface area contributed by atoms with Gasteiger partial charge in [0.15, 0.2) is 0 Å². The molecule has 9 saturated carbocycles. The summed E-state index contributed by atoms with van der Waals surface area (Å²) in [6.07, 6.45) is 43.5. The second kappa shape index (κ2) is 7.91. The van der Waals surface area contributed by atoms with Crippen LogP contribution >= 0.6 is 0 Å². The van der Waals surface area contributed by atoms with Crippen LogP contribution in [0, 0.1) is 106 Å². The van der Waals surface area contributed by atoms with Crippen LogP contribution in [0.5, 0.6) is 0 Å². The van der Waals surface area contributed by atoms with Gasteiger partial charge in [-0.15, -0.1) is 0 Å². The molecule has 0 saturated heterocycles. The van der Waals surface area contributed by atoms with Crippen LogP contribution in [-0.2, 0) is 0 Å². The van der Waals surface area contributed by atoms with E-state index in [1.807, 2.05) is 0 Å². The number of allylic oxidation sites excluding steroid dienone is 8. The van der Waals surface area contributed by atoms with Gasteiger partial charge in [-0.3, -0.25) is 0 Å². The Hall–Kier alpha value is -1.04. The Morgan fingerprint density at radius 1 is 0.300 bits per heavy atom. The average molecular weight is 533 g/mol. The topological polar surface area (TPSA) is 0 Å². The van der Waals surface area contributed by atoms with Crippen molar-refractivity contribution in [1.82, 2.24) is 0 Å². The van der Waals surface area contributed by atoms with Gasteiger partial charge in [-0.2, -0.15) is 0 Å². The molecule has 0 heteroatoms. The quantitative estimate of drug-likeness (QED) is 0.291. The molecule has 0 aromatic heterocycles. The van der Waals surface area contributed by atoms with Crippen LogP contribution in [0.25, 0.3) is 0 Å². The Balaban J connectivity index is 1.12. The molecule has 11 aliphatic rings. The van der Waals surface area contributed by atoms with Crippen LogP contribution in [0.2, 0.25) is 0 Å². The normalized spacial score (nSPS) is 64.4. The largest absolute Gasteiger partial charge is 0.0731 e. The molecule has 0 radical (unpaired) electrons. The molecule has 16 atom stereocenters. The van der Waals surface area contributed by atoms with E-state index in [2.05, 4.69) is 48.6 Å². The highest BCUT2D eigenvalue weighted by molar-refractivity contribution is 5.46. The number of rotatable bonds is 0. The van der Waals surface area contributed by atoms with Gasteiger partial charge in [0.25, 0.3) is 0 Å². The lowest BCUT2D eigenvalue weighted by atomic mass is 9.31. The summed E-state index contributed by atoms with van der Waals surface area (Å²) in [6.45, 7) is 0. The third-order valence-electron chi connectivity index (χ3n) is 17.6. The summed E-state index contributed by atoms with van der Waals surface area (Å²) in [5.74, 6) is 16.8. The van der Waals surface area contributed by atoms with Crippen molar-refractivity contribution in [3.63, 3.8) is 0 Å². The molecule has 40 heavy (non-hydrogen) atoms. The average Bonchev–Trinajstić information content (AvgIpc) is 3.54. The third kappa shape index (κ3) is 2.48. The van der Waals surface area contributed by atoms with E-state index < -0.39 is 0 Å². The zero-order valence-electron chi connectivity index (χ0n) is 24.8. The first-order chi connectivity index (χ1) is 19.8. The Bertz CT molecular complexity index is 1170. The van der Waals surface area contributed by atoms with Crippen LogP contribution in [-0.4, -0.2) is 0 Å². The number of hydrogen-bond acceptors (Lipinski definition) is 0. The molecule has 16 unspecified atom stereocenters. The smallest absolute Gasteiger partial charge is 0.0230 e. The third-order valence-corrected chi connectivity index (χ3v) is 17.6. The number of fused-ring (bicyclic) bond motifs is 8. The summed E-state index contributed by atoms with van der Waals surface area (Å²) in [5.41, 5.74) is 0.524. The van der Waals surface area contributed by atoms with Crippen molar-refractivity contribution in [3.05, 3.63) is 48.6 Å². The van der Waals surface area contributed by atoms with Gasteiger partial charge in [0.05, 0.1) is 0 Å². The zero-order chi connectivity index (χ0) is 25.8. The van der Waals surface area contributed by atoms with E-state index >= 15 is 0 Å².